The molecule has 3 rings (SSSR count). The molecule has 0 atom stereocenters. The molecule has 1 aliphatic rings. The predicted molar refractivity (Wildman–Crippen MR) is 112 cm³/mol. The number of imidazole rings is 1. The predicted octanol–water partition coefficient (Wildman–Crippen LogP) is 3.84. The van der Waals surface area contributed by atoms with Crippen LogP contribution in [0.2, 0.25) is 0 Å². The summed E-state index contributed by atoms with van der Waals surface area (Å²) in [4.78, 5) is 5.12. The molecular formula is C21H33N3O3S. The first-order valence-corrected chi connectivity index (χ1v) is 11.5. The van der Waals surface area contributed by atoms with Crippen LogP contribution >= 0.6 is 0 Å². The van der Waals surface area contributed by atoms with Crippen molar-refractivity contribution in [3.05, 3.63) is 24.0 Å². The second-order valence-electron chi connectivity index (χ2n) is 9.86. The number of nitrogens with one attached hydrogen (secondary N) is 1. The molecule has 1 aromatic heterocycles. The van der Waals surface area contributed by atoms with Gasteiger partial charge in [-0.05, 0) is 57.7 Å². The number of fused-ring (bicyclic) bond motifs is 1. The van der Waals surface area contributed by atoms with Crippen LogP contribution in [0.3, 0.4) is 0 Å². The number of hydrogen-bond acceptors (Lipinski definition) is 4. The maximum absolute atomic E-state index is 12.7. The molecule has 0 unspecified atom stereocenters. The second-order valence-corrected chi connectivity index (χ2v) is 11.5. The van der Waals surface area contributed by atoms with Crippen LogP contribution in [-0.4, -0.2) is 36.7 Å². The highest BCUT2D eigenvalue weighted by Gasteiger charge is 2.27. The van der Waals surface area contributed by atoms with E-state index in [2.05, 4.69) is 30.1 Å². The van der Waals surface area contributed by atoms with Gasteiger partial charge in [0.25, 0.3) is 0 Å². The van der Waals surface area contributed by atoms with Crippen molar-refractivity contribution in [1.82, 2.24) is 14.3 Å². The summed E-state index contributed by atoms with van der Waals surface area (Å²) in [6.45, 7) is 14.5. The molecular weight excluding hydrogens is 374 g/mol. The van der Waals surface area contributed by atoms with Gasteiger partial charge < -0.3 is 9.30 Å². The van der Waals surface area contributed by atoms with Crippen LogP contribution in [0.15, 0.2) is 23.1 Å². The van der Waals surface area contributed by atoms with Crippen LogP contribution in [-0.2, 0) is 26.7 Å². The number of sulfonamides is 1. The molecule has 0 saturated carbocycles. The van der Waals surface area contributed by atoms with Crippen molar-refractivity contribution in [1.29, 1.82) is 0 Å². The van der Waals surface area contributed by atoms with E-state index in [4.69, 9.17) is 9.72 Å². The molecule has 0 spiro atoms. The molecule has 0 bridgehead atoms. The normalized spacial score (nSPS) is 17.4. The first kappa shape index (κ1) is 21.3. The van der Waals surface area contributed by atoms with Crippen molar-refractivity contribution in [2.45, 2.75) is 76.8 Å². The molecule has 1 aromatic carbocycles. The first-order valence-electron chi connectivity index (χ1n) is 9.99. The molecule has 0 radical (unpaired) electrons. The third-order valence-corrected chi connectivity index (χ3v) is 6.68. The third-order valence-electron chi connectivity index (χ3n) is 4.92. The molecule has 7 heteroatoms. The van der Waals surface area contributed by atoms with E-state index in [-0.39, 0.29) is 10.3 Å². The first-order chi connectivity index (χ1) is 12.9. The maximum atomic E-state index is 12.7. The largest absolute Gasteiger partial charge is 0.381 e. The van der Waals surface area contributed by atoms with Gasteiger partial charge in [0.2, 0.25) is 10.0 Å². The Morgan fingerprint density at radius 1 is 1.14 bits per heavy atom. The van der Waals surface area contributed by atoms with Gasteiger partial charge >= 0.3 is 0 Å². The lowest BCUT2D eigenvalue weighted by atomic mass is 9.94. The Hall–Kier alpha value is -1.44. The summed E-state index contributed by atoms with van der Waals surface area (Å²) in [6.07, 6.45) is 2.09. The number of aromatic nitrogens is 2. The Labute approximate surface area is 168 Å². The smallest absolute Gasteiger partial charge is 0.241 e. The van der Waals surface area contributed by atoms with E-state index >= 15 is 0 Å². The SMILES string of the molecule is CC(C)(C)NS(=O)(=O)c1ccc2c(c1)nc(C(C)(C)C)n2CC1CCOCC1. The summed E-state index contributed by atoms with van der Waals surface area (Å²) in [5, 5.41) is 0. The number of rotatable bonds is 4. The van der Waals surface area contributed by atoms with E-state index in [0.717, 1.165) is 49.5 Å². The van der Waals surface area contributed by atoms with Gasteiger partial charge in [0.1, 0.15) is 5.82 Å². The van der Waals surface area contributed by atoms with Crippen LogP contribution in [0.1, 0.15) is 60.2 Å². The Balaban J connectivity index is 2.05. The minimum Gasteiger partial charge on any atom is -0.381 e. The molecule has 2 aromatic rings. The fraction of sp³-hybridized carbons (Fsp3) is 0.667. The van der Waals surface area contributed by atoms with Gasteiger partial charge in [-0.2, -0.15) is 0 Å². The zero-order chi connectivity index (χ0) is 20.7. The maximum Gasteiger partial charge on any atom is 0.241 e. The molecule has 2 heterocycles. The standard InChI is InChI=1S/C21H33N3O3S/c1-20(2,3)19-22-17-13-16(28(25,26)23-21(4,5)6)7-8-18(17)24(19)14-15-9-11-27-12-10-15/h7-8,13,15,23H,9-12,14H2,1-6H3. The molecule has 1 aliphatic heterocycles. The van der Waals surface area contributed by atoms with Gasteiger partial charge in [-0.1, -0.05) is 20.8 Å². The Morgan fingerprint density at radius 3 is 2.36 bits per heavy atom. The van der Waals surface area contributed by atoms with E-state index in [9.17, 15) is 8.42 Å². The van der Waals surface area contributed by atoms with E-state index in [1.165, 1.54) is 0 Å². The quantitative estimate of drug-likeness (QED) is 0.836. The van der Waals surface area contributed by atoms with Gasteiger partial charge in [-0.15, -0.1) is 0 Å². The van der Waals surface area contributed by atoms with Crippen LogP contribution in [0.4, 0.5) is 0 Å². The van der Waals surface area contributed by atoms with Crippen LogP contribution in [0, 0.1) is 5.92 Å². The summed E-state index contributed by atoms with van der Waals surface area (Å²) in [7, 11) is -3.59. The summed E-state index contributed by atoms with van der Waals surface area (Å²) in [5.41, 5.74) is 1.06. The molecule has 6 nitrogen and oxygen atoms in total. The summed E-state index contributed by atoms with van der Waals surface area (Å²) < 4.78 is 36.0. The van der Waals surface area contributed by atoms with Crippen molar-refractivity contribution in [3.8, 4) is 0 Å². The third kappa shape index (κ3) is 4.75. The van der Waals surface area contributed by atoms with Gasteiger partial charge in [0.05, 0.1) is 15.9 Å². The number of benzene rings is 1. The van der Waals surface area contributed by atoms with Gasteiger partial charge in [-0.3, -0.25) is 0 Å². The van der Waals surface area contributed by atoms with E-state index in [0.29, 0.717) is 5.92 Å². The van der Waals surface area contributed by atoms with Crippen LogP contribution in [0.5, 0.6) is 0 Å². The zero-order valence-electron chi connectivity index (χ0n) is 17.9. The number of hydrogen-bond donors (Lipinski definition) is 1. The van der Waals surface area contributed by atoms with Crippen molar-refractivity contribution in [3.63, 3.8) is 0 Å². The monoisotopic (exact) mass is 407 g/mol. The van der Waals surface area contributed by atoms with Crippen molar-refractivity contribution >= 4 is 21.1 Å². The van der Waals surface area contributed by atoms with Crippen LogP contribution < -0.4 is 4.72 Å². The molecule has 1 N–H and O–H groups in total. The van der Waals surface area contributed by atoms with Crippen molar-refractivity contribution in [2.24, 2.45) is 5.92 Å². The topological polar surface area (TPSA) is 73.2 Å². The Morgan fingerprint density at radius 2 is 1.79 bits per heavy atom. The van der Waals surface area contributed by atoms with Crippen molar-refractivity contribution < 1.29 is 13.2 Å². The van der Waals surface area contributed by atoms with Gasteiger partial charge in [0, 0.05) is 30.7 Å². The minimum atomic E-state index is -3.59. The van der Waals surface area contributed by atoms with Gasteiger partial charge in [0.15, 0.2) is 0 Å². The lowest BCUT2D eigenvalue weighted by Crippen LogP contribution is -2.40. The average molecular weight is 408 g/mol. The highest BCUT2D eigenvalue weighted by molar-refractivity contribution is 7.89. The molecule has 28 heavy (non-hydrogen) atoms. The van der Waals surface area contributed by atoms with Gasteiger partial charge in [-0.25, -0.2) is 18.1 Å². The number of nitrogens with zero attached hydrogens (tertiary/aromatic N) is 2. The Bertz CT molecular complexity index is 944. The lowest BCUT2D eigenvalue weighted by molar-refractivity contribution is 0.0611. The fourth-order valence-corrected chi connectivity index (χ4v) is 5.12. The highest BCUT2D eigenvalue weighted by Crippen LogP contribution is 2.30. The summed E-state index contributed by atoms with van der Waals surface area (Å²) in [5.74, 6) is 1.55. The second kappa shape index (κ2) is 7.43. The lowest BCUT2D eigenvalue weighted by Gasteiger charge is -2.26. The molecule has 0 aliphatic carbocycles. The Kier molecular flexibility index (Phi) is 5.64. The molecule has 1 saturated heterocycles. The summed E-state index contributed by atoms with van der Waals surface area (Å²) >= 11 is 0. The van der Waals surface area contributed by atoms with Crippen molar-refractivity contribution in [2.75, 3.05) is 13.2 Å². The molecule has 156 valence electrons. The summed E-state index contributed by atoms with van der Waals surface area (Å²) in [6, 6.07) is 5.28. The van der Waals surface area contributed by atoms with E-state index in [1.807, 2.05) is 26.8 Å². The zero-order valence-corrected chi connectivity index (χ0v) is 18.7. The fourth-order valence-electron chi connectivity index (χ4n) is 3.68. The van der Waals surface area contributed by atoms with E-state index in [1.54, 1.807) is 12.1 Å². The molecule has 1 fully saturated rings. The van der Waals surface area contributed by atoms with E-state index < -0.39 is 15.6 Å². The molecule has 0 amide bonds. The highest BCUT2D eigenvalue weighted by atomic mass is 32.2. The van der Waals surface area contributed by atoms with Crippen LogP contribution in [0.25, 0.3) is 11.0 Å². The average Bonchev–Trinajstić information content (AvgIpc) is 2.92. The minimum absolute atomic E-state index is 0.132. The number of ether oxygens (including phenoxy) is 1.